The summed E-state index contributed by atoms with van der Waals surface area (Å²) in [5.41, 5.74) is 1.31. The number of hydrogen-bond donors (Lipinski definition) is 2. The maximum absolute atomic E-state index is 4.41. The second kappa shape index (κ2) is 11.7. The molecular weight excluding hydrogens is 451 g/mol. The smallest absolute Gasteiger partial charge is 0.191 e. The number of benzene rings is 1. The van der Waals surface area contributed by atoms with Gasteiger partial charge in [0.25, 0.3) is 0 Å². The molecule has 2 saturated heterocycles. The SMILES string of the molecule is CN=C(NCCN1CCCN(C)CC1)NC1CCN(c2ccccc2)C1.I. The predicted octanol–water partition coefficient (Wildman–Crippen LogP) is 1.69. The van der Waals surface area contributed by atoms with Gasteiger partial charge in [-0.3, -0.25) is 4.99 Å². The number of nitrogens with zero attached hydrogens (tertiary/aromatic N) is 4. The summed E-state index contributed by atoms with van der Waals surface area (Å²) in [5.74, 6) is 0.928. The van der Waals surface area contributed by atoms with Crippen LogP contribution in [0.4, 0.5) is 5.69 Å². The topological polar surface area (TPSA) is 46.1 Å². The highest BCUT2D eigenvalue weighted by Crippen LogP contribution is 2.19. The van der Waals surface area contributed by atoms with E-state index in [0.29, 0.717) is 6.04 Å². The average molecular weight is 486 g/mol. The van der Waals surface area contributed by atoms with Gasteiger partial charge < -0.3 is 25.3 Å². The van der Waals surface area contributed by atoms with Crippen molar-refractivity contribution < 1.29 is 0 Å². The van der Waals surface area contributed by atoms with Gasteiger partial charge in [0.15, 0.2) is 5.96 Å². The summed E-state index contributed by atoms with van der Waals surface area (Å²) in [5, 5.41) is 7.09. The largest absolute Gasteiger partial charge is 0.369 e. The molecule has 0 amide bonds. The molecule has 152 valence electrons. The lowest BCUT2D eigenvalue weighted by Crippen LogP contribution is -2.46. The highest BCUT2D eigenvalue weighted by Gasteiger charge is 2.23. The van der Waals surface area contributed by atoms with Crippen molar-refractivity contribution >= 4 is 35.6 Å². The molecule has 2 heterocycles. The zero-order chi connectivity index (χ0) is 18.2. The van der Waals surface area contributed by atoms with Crippen LogP contribution in [0, 0.1) is 0 Å². The normalized spacial score (nSPS) is 22.2. The molecule has 1 atom stereocenters. The van der Waals surface area contributed by atoms with Crippen LogP contribution in [0.2, 0.25) is 0 Å². The van der Waals surface area contributed by atoms with E-state index in [9.17, 15) is 0 Å². The highest BCUT2D eigenvalue weighted by molar-refractivity contribution is 14.0. The summed E-state index contributed by atoms with van der Waals surface area (Å²) >= 11 is 0. The zero-order valence-corrected chi connectivity index (χ0v) is 19.1. The maximum Gasteiger partial charge on any atom is 0.191 e. The monoisotopic (exact) mass is 486 g/mol. The van der Waals surface area contributed by atoms with Crippen molar-refractivity contribution in [2.75, 3.05) is 71.4 Å². The Labute approximate surface area is 181 Å². The third-order valence-corrected chi connectivity index (χ3v) is 5.41. The molecular formula is C20H35IN6. The minimum Gasteiger partial charge on any atom is -0.369 e. The van der Waals surface area contributed by atoms with Crippen molar-refractivity contribution in [3.8, 4) is 0 Å². The van der Waals surface area contributed by atoms with Crippen molar-refractivity contribution in [3.05, 3.63) is 30.3 Å². The van der Waals surface area contributed by atoms with Crippen LogP contribution in [0.3, 0.4) is 0 Å². The highest BCUT2D eigenvalue weighted by atomic mass is 127. The fourth-order valence-corrected chi connectivity index (χ4v) is 3.80. The molecule has 0 spiro atoms. The molecule has 2 N–H and O–H groups in total. The Hall–Kier alpha value is -1.06. The Morgan fingerprint density at radius 3 is 2.70 bits per heavy atom. The van der Waals surface area contributed by atoms with Crippen molar-refractivity contribution in [3.63, 3.8) is 0 Å². The Morgan fingerprint density at radius 2 is 1.93 bits per heavy atom. The average Bonchev–Trinajstić information content (AvgIpc) is 3.04. The van der Waals surface area contributed by atoms with Crippen LogP contribution in [0.1, 0.15) is 12.8 Å². The molecule has 1 aromatic carbocycles. The van der Waals surface area contributed by atoms with Gasteiger partial charge in [-0.25, -0.2) is 0 Å². The number of likely N-dealkylation sites (N-methyl/N-ethyl adjacent to an activating group) is 1. The number of aliphatic imine (C=N–C) groups is 1. The van der Waals surface area contributed by atoms with E-state index >= 15 is 0 Å². The van der Waals surface area contributed by atoms with Crippen LogP contribution in [0.25, 0.3) is 0 Å². The summed E-state index contributed by atoms with van der Waals surface area (Å²) in [4.78, 5) is 11.8. The van der Waals surface area contributed by atoms with Crippen LogP contribution in [-0.4, -0.2) is 88.3 Å². The molecule has 2 aliphatic heterocycles. The summed E-state index contributed by atoms with van der Waals surface area (Å²) in [7, 11) is 4.08. The van der Waals surface area contributed by atoms with E-state index in [2.05, 4.69) is 67.7 Å². The van der Waals surface area contributed by atoms with E-state index in [-0.39, 0.29) is 24.0 Å². The molecule has 0 bridgehead atoms. The molecule has 27 heavy (non-hydrogen) atoms. The van der Waals surface area contributed by atoms with Gasteiger partial charge in [-0.05, 0) is 45.1 Å². The number of rotatable bonds is 5. The Bertz CT molecular complexity index is 567. The number of anilines is 1. The first-order valence-corrected chi connectivity index (χ1v) is 9.92. The molecule has 3 rings (SSSR count). The first-order valence-electron chi connectivity index (χ1n) is 9.92. The first-order chi connectivity index (χ1) is 12.7. The lowest BCUT2D eigenvalue weighted by molar-refractivity contribution is 0.280. The molecule has 7 heteroatoms. The van der Waals surface area contributed by atoms with Crippen LogP contribution in [-0.2, 0) is 0 Å². The van der Waals surface area contributed by atoms with Gasteiger partial charge >= 0.3 is 0 Å². The number of hydrogen-bond acceptors (Lipinski definition) is 4. The van der Waals surface area contributed by atoms with E-state index in [4.69, 9.17) is 0 Å². The van der Waals surface area contributed by atoms with Crippen LogP contribution in [0.15, 0.2) is 35.3 Å². The predicted molar refractivity (Wildman–Crippen MR) is 126 cm³/mol. The van der Waals surface area contributed by atoms with Gasteiger partial charge in [0.2, 0.25) is 0 Å². The molecule has 0 aliphatic carbocycles. The van der Waals surface area contributed by atoms with Gasteiger partial charge in [-0.15, -0.1) is 24.0 Å². The van der Waals surface area contributed by atoms with Gasteiger partial charge in [-0.1, -0.05) is 18.2 Å². The molecule has 1 unspecified atom stereocenters. The third kappa shape index (κ3) is 7.12. The lowest BCUT2D eigenvalue weighted by Gasteiger charge is -2.22. The van der Waals surface area contributed by atoms with E-state index in [1.165, 1.54) is 38.3 Å². The van der Waals surface area contributed by atoms with Crippen molar-refractivity contribution in [2.45, 2.75) is 18.9 Å². The van der Waals surface area contributed by atoms with Crippen LogP contribution < -0.4 is 15.5 Å². The van der Waals surface area contributed by atoms with Gasteiger partial charge in [0.1, 0.15) is 0 Å². The van der Waals surface area contributed by atoms with Gasteiger partial charge in [-0.2, -0.15) is 0 Å². The fraction of sp³-hybridized carbons (Fsp3) is 0.650. The van der Waals surface area contributed by atoms with Crippen LogP contribution in [0.5, 0.6) is 0 Å². The minimum atomic E-state index is 0. The quantitative estimate of drug-likeness (QED) is 0.377. The van der Waals surface area contributed by atoms with Crippen molar-refractivity contribution in [1.82, 2.24) is 20.4 Å². The van der Waals surface area contributed by atoms with Crippen LogP contribution >= 0.6 is 24.0 Å². The summed E-state index contributed by atoms with van der Waals surface area (Å²) < 4.78 is 0. The minimum absolute atomic E-state index is 0. The number of para-hydroxylation sites is 1. The molecule has 2 aliphatic rings. The van der Waals surface area contributed by atoms with E-state index in [1.54, 1.807) is 0 Å². The van der Waals surface area contributed by atoms with Crippen molar-refractivity contribution in [1.29, 1.82) is 0 Å². The summed E-state index contributed by atoms with van der Waals surface area (Å²) in [6.45, 7) is 8.90. The Kier molecular flexibility index (Phi) is 9.64. The van der Waals surface area contributed by atoms with Crippen molar-refractivity contribution in [2.24, 2.45) is 4.99 Å². The number of nitrogens with one attached hydrogen (secondary N) is 2. The van der Waals surface area contributed by atoms with Gasteiger partial charge in [0.05, 0.1) is 0 Å². The second-order valence-electron chi connectivity index (χ2n) is 7.41. The molecule has 0 saturated carbocycles. The Morgan fingerprint density at radius 1 is 1.11 bits per heavy atom. The first kappa shape index (κ1) is 22.2. The number of halogens is 1. The Balaban J connectivity index is 0.00000261. The van der Waals surface area contributed by atoms with E-state index in [1.807, 2.05) is 7.05 Å². The molecule has 2 fully saturated rings. The lowest BCUT2D eigenvalue weighted by atomic mass is 10.3. The molecule has 0 radical (unpaired) electrons. The maximum atomic E-state index is 4.41. The van der Waals surface area contributed by atoms with E-state index in [0.717, 1.165) is 38.6 Å². The zero-order valence-electron chi connectivity index (χ0n) is 16.7. The summed E-state index contributed by atoms with van der Waals surface area (Å²) in [6.07, 6.45) is 2.41. The second-order valence-corrected chi connectivity index (χ2v) is 7.41. The number of guanidine groups is 1. The fourth-order valence-electron chi connectivity index (χ4n) is 3.80. The molecule has 1 aromatic rings. The third-order valence-electron chi connectivity index (χ3n) is 5.41. The molecule has 0 aromatic heterocycles. The summed E-state index contributed by atoms with van der Waals surface area (Å²) in [6, 6.07) is 11.1. The van der Waals surface area contributed by atoms with Gasteiger partial charge in [0, 0.05) is 58.0 Å². The standard InChI is InChI=1S/C20H34N6.HI/c1-21-20(22-10-14-25-12-6-11-24(2)15-16-25)23-18-9-13-26(17-18)19-7-4-3-5-8-19;/h3-5,7-8,18H,6,9-17H2,1-2H3,(H2,21,22,23);1H. The van der Waals surface area contributed by atoms with E-state index < -0.39 is 0 Å². The molecule has 6 nitrogen and oxygen atoms in total.